The standard InChI is InChI=1S/C66H58/c1-64(2)58-25-17-16-24-51(58)57-41-56(44-22-14-9-15-23-44)49(40-63(57)64)28-31-50(47-29-34-54-52-32-26-45(42-18-10-7-11-19-42)36-59(52)65(3,4)61(54)38-47)48-30-35-55-53-33-27-46(43-20-12-8-13-21-43)37-60(53)66(5,6)62(55)39-48/h7-20,22-27,29-30,32-41,43,50H,21,28,31H2,1-6H3. The fourth-order valence-corrected chi connectivity index (χ4v) is 12.5. The van der Waals surface area contributed by atoms with E-state index in [0.717, 1.165) is 19.3 Å². The molecule has 12 rings (SSSR count). The first-order valence-electron chi connectivity index (χ1n) is 24.3. The van der Waals surface area contributed by atoms with E-state index in [4.69, 9.17) is 0 Å². The van der Waals surface area contributed by atoms with Gasteiger partial charge in [-0.15, -0.1) is 0 Å². The predicted octanol–water partition coefficient (Wildman–Crippen LogP) is 17.3. The third kappa shape index (κ3) is 6.32. The molecule has 0 heteroatoms. The number of benzene rings is 8. The first-order valence-corrected chi connectivity index (χ1v) is 24.3. The van der Waals surface area contributed by atoms with Gasteiger partial charge in [-0.3, -0.25) is 0 Å². The van der Waals surface area contributed by atoms with Crippen LogP contribution in [-0.2, 0) is 22.7 Å². The molecule has 2 unspecified atom stereocenters. The van der Waals surface area contributed by atoms with E-state index in [2.05, 4.69) is 236 Å². The Bertz CT molecular complexity index is 3290. The fraction of sp³-hybridized carbons (Fsp3) is 0.212. The molecule has 8 aromatic rings. The van der Waals surface area contributed by atoms with E-state index in [1.807, 2.05) is 0 Å². The summed E-state index contributed by atoms with van der Waals surface area (Å²) in [4.78, 5) is 0. The molecule has 66 heavy (non-hydrogen) atoms. The molecule has 0 aliphatic heterocycles. The highest BCUT2D eigenvalue weighted by atomic mass is 14.4. The van der Waals surface area contributed by atoms with Crippen LogP contribution < -0.4 is 0 Å². The minimum absolute atomic E-state index is 0.0688. The summed E-state index contributed by atoms with van der Waals surface area (Å²) >= 11 is 0. The van der Waals surface area contributed by atoms with E-state index in [1.54, 1.807) is 0 Å². The van der Waals surface area contributed by atoms with Gasteiger partial charge in [0.15, 0.2) is 0 Å². The largest absolute Gasteiger partial charge is 0.0836 e. The summed E-state index contributed by atoms with van der Waals surface area (Å²) in [5, 5.41) is 0. The van der Waals surface area contributed by atoms with Crippen molar-refractivity contribution < 1.29 is 0 Å². The topological polar surface area (TPSA) is 0 Å². The quantitative estimate of drug-likeness (QED) is 0.143. The zero-order valence-electron chi connectivity index (χ0n) is 39.3. The van der Waals surface area contributed by atoms with E-state index in [1.165, 1.54) is 111 Å². The highest BCUT2D eigenvalue weighted by Gasteiger charge is 2.40. The monoisotopic (exact) mass is 850 g/mol. The van der Waals surface area contributed by atoms with Gasteiger partial charge in [-0.1, -0.05) is 224 Å². The third-order valence-electron chi connectivity index (χ3n) is 16.3. The smallest absolute Gasteiger partial charge is 0.0159 e. The molecule has 0 saturated heterocycles. The average Bonchev–Trinajstić information content (AvgIpc) is 3.83. The highest BCUT2D eigenvalue weighted by Crippen LogP contribution is 2.54. The average molecular weight is 851 g/mol. The minimum Gasteiger partial charge on any atom is -0.0836 e. The first-order chi connectivity index (χ1) is 32.0. The summed E-state index contributed by atoms with van der Waals surface area (Å²) in [5.41, 5.74) is 27.4. The van der Waals surface area contributed by atoms with Gasteiger partial charge in [0.1, 0.15) is 0 Å². The van der Waals surface area contributed by atoms with Crippen molar-refractivity contribution in [1.82, 2.24) is 0 Å². The van der Waals surface area contributed by atoms with Gasteiger partial charge in [0.05, 0.1) is 0 Å². The number of allylic oxidation sites excluding steroid dienone is 4. The third-order valence-corrected chi connectivity index (χ3v) is 16.3. The summed E-state index contributed by atoms with van der Waals surface area (Å²) in [7, 11) is 0. The van der Waals surface area contributed by atoms with Crippen LogP contribution in [0.5, 0.6) is 0 Å². The Morgan fingerprint density at radius 3 is 1.59 bits per heavy atom. The SMILES string of the molecule is CC1(C)c2cc(-c3ccccc3)ccc2-c2ccc(C(CCc3cc4c(cc3-c3ccccc3)-c3ccccc3C4(C)C)c3ccc4c(c3)C(C)(C)c3cc(C5C=CC=CC5)ccc3-4)cc21. The lowest BCUT2D eigenvalue weighted by atomic mass is 9.76. The van der Waals surface area contributed by atoms with Crippen LogP contribution in [0.2, 0.25) is 0 Å². The summed E-state index contributed by atoms with van der Waals surface area (Å²) < 4.78 is 0. The Balaban J connectivity index is 0.975. The maximum Gasteiger partial charge on any atom is 0.0159 e. The molecule has 4 aliphatic carbocycles. The summed E-state index contributed by atoms with van der Waals surface area (Å²) in [6.45, 7) is 14.6. The molecule has 8 aromatic carbocycles. The first kappa shape index (κ1) is 40.7. The van der Waals surface area contributed by atoms with Crippen molar-refractivity contribution >= 4 is 0 Å². The van der Waals surface area contributed by atoms with Gasteiger partial charge in [0.25, 0.3) is 0 Å². The lowest BCUT2D eigenvalue weighted by Gasteiger charge is -2.27. The van der Waals surface area contributed by atoms with Crippen molar-refractivity contribution in [1.29, 1.82) is 0 Å². The van der Waals surface area contributed by atoms with Gasteiger partial charge >= 0.3 is 0 Å². The van der Waals surface area contributed by atoms with Gasteiger partial charge in [0, 0.05) is 28.1 Å². The molecule has 322 valence electrons. The van der Waals surface area contributed by atoms with E-state index in [-0.39, 0.29) is 22.2 Å². The van der Waals surface area contributed by atoms with Gasteiger partial charge in [-0.2, -0.15) is 0 Å². The highest BCUT2D eigenvalue weighted by molar-refractivity contribution is 5.87. The Morgan fingerprint density at radius 2 is 0.939 bits per heavy atom. The van der Waals surface area contributed by atoms with Gasteiger partial charge in [-0.05, 0) is 143 Å². The fourth-order valence-electron chi connectivity index (χ4n) is 12.5. The number of fused-ring (bicyclic) bond motifs is 9. The van der Waals surface area contributed by atoms with E-state index in [0.29, 0.717) is 5.92 Å². The molecule has 4 aliphatic rings. The molecule has 0 bridgehead atoms. The van der Waals surface area contributed by atoms with Crippen molar-refractivity contribution in [2.45, 2.75) is 88.9 Å². The molecule has 0 spiro atoms. The van der Waals surface area contributed by atoms with E-state index < -0.39 is 0 Å². The lowest BCUT2D eigenvalue weighted by Crippen LogP contribution is -2.17. The molecule has 2 atom stereocenters. The van der Waals surface area contributed by atoms with Crippen LogP contribution in [0.4, 0.5) is 0 Å². The van der Waals surface area contributed by atoms with Crippen molar-refractivity contribution in [3.63, 3.8) is 0 Å². The second-order valence-electron chi connectivity index (χ2n) is 21.1. The Labute approximate surface area is 392 Å². The van der Waals surface area contributed by atoms with Crippen LogP contribution >= 0.6 is 0 Å². The van der Waals surface area contributed by atoms with Gasteiger partial charge in [-0.25, -0.2) is 0 Å². The number of hydrogen-bond donors (Lipinski definition) is 0. The number of rotatable bonds is 8. The summed E-state index contributed by atoms with van der Waals surface area (Å²) in [6.07, 6.45) is 12.1. The zero-order chi connectivity index (χ0) is 45.0. The Kier molecular flexibility index (Phi) is 9.35. The molecule has 0 radical (unpaired) electrons. The predicted molar refractivity (Wildman–Crippen MR) is 279 cm³/mol. The van der Waals surface area contributed by atoms with E-state index in [9.17, 15) is 0 Å². The van der Waals surface area contributed by atoms with E-state index >= 15 is 0 Å². The van der Waals surface area contributed by atoms with Crippen molar-refractivity contribution in [3.05, 3.63) is 250 Å². The van der Waals surface area contributed by atoms with Crippen molar-refractivity contribution in [2.24, 2.45) is 0 Å². The second-order valence-corrected chi connectivity index (χ2v) is 21.1. The normalized spacial score (nSPS) is 17.6. The lowest BCUT2D eigenvalue weighted by molar-refractivity contribution is 0.647. The Hall–Kier alpha value is -6.76. The number of aryl methyl sites for hydroxylation is 1. The minimum atomic E-state index is -0.139. The van der Waals surface area contributed by atoms with Crippen LogP contribution in [0.3, 0.4) is 0 Å². The van der Waals surface area contributed by atoms with Gasteiger partial charge < -0.3 is 0 Å². The van der Waals surface area contributed by atoms with Crippen LogP contribution in [0, 0.1) is 0 Å². The number of hydrogen-bond acceptors (Lipinski definition) is 0. The molecular formula is C66H58. The molecule has 0 saturated carbocycles. The second kappa shape index (κ2) is 15.1. The zero-order valence-corrected chi connectivity index (χ0v) is 39.3. The maximum absolute atomic E-state index is 2.60. The molecule has 0 heterocycles. The summed E-state index contributed by atoms with van der Waals surface area (Å²) in [5.74, 6) is 0.621. The molecular weight excluding hydrogens is 793 g/mol. The van der Waals surface area contributed by atoms with Crippen LogP contribution in [0.1, 0.15) is 122 Å². The van der Waals surface area contributed by atoms with Crippen LogP contribution in [0.25, 0.3) is 55.6 Å². The molecule has 0 amide bonds. The Morgan fingerprint density at radius 1 is 0.409 bits per heavy atom. The van der Waals surface area contributed by atoms with Crippen molar-refractivity contribution in [2.75, 3.05) is 0 Å². The van der Waals surface area contributed by atoms with Crippen LogP contribution in [0.15, 0.2) is 194 Å². The van der Waals surface area contributed by atoms with Gasteiger partial charge in [0.2, 0.25) is 0 Å². The van der Waals surface area contributed by atoms with Crippen LogP contribution in [-0.4, -0.2) is 0 Å². The molecule has 0 aromatic heterocycles. The maximum atomic E-state index is 2.60. The molecule has 0 fully saturated rings. The molecule has 0 N–H and O–H groups in total. The van der Waals surface area contributed by atoms with Crippen molar-refractivity contribution in [3.8, 4) is 55.6 Å². The summed E-state index contributed by atoms with van der Waals surface area (Å²) in [6, 6.07) is 65.6. The molecule has 0 nitrogen and oxygen atoms in total.